The molecule has 1 atom stereocenters. The number of nitrogens with two attached hydrogens (primary N) is 1. The zero-order chi connectivity index (χ0) is 18.6. The largest absolute Gasteiger partial charge is 0.375 e. The molecule has 7 heteroatoms. The Morgan fingerprint density at radius 1 is 1.12 bits per heavy atom. The molecule has 0 fully saturated rings. The maximum atomic E-state index is 14.0. The van der Waals surface area contributed by atoms with Gasteiger partial charge in [0.1, 0.15) is 5.82 Å². The Balaban J connectivity index is 2.07. The van der Waals surface area contributed by atoms with Crippen molar-refractivity contribution < 1.29 is 14.0 Å². The van der Waals surface area contributed by atoms with Crippen molar-refractivity contribution in [3.8, 4) is 0 Å². The van der Waals surface area contributed by atoms with Gasteiger partial charge in [0.2, 0.25) is 0 Å². The molecule has 0 spiro atoms. The third-order valence-corrected chi connectivity index (χ3v) is 3.72. The van der Waals surface area contributed by atoms with E-state index in [2.05, 4.69) is 10.6 Å². The van der Waals surface area contributed by atoms with E-state index < -0.39 is 11.8 Å². The van der Waals surface area contributed by atoms with E-state index in [-0.39, 0.29) is 17.5 Å². The lowest BCUT2D eigenvalue weighted by molar-refractivity contribution is 0.0939. The molecule has 0 saturated carbocycles. The summed E-state index contributed by atoms with van der Waals surface area (Å²) < 4.78 is 14.0. The summed E-state index contributed by atoms with van der Waals surface area (Å²) in [5.41, 5.74) is 7.13. The molecule has 3 amide bonds. The highest BCUT2D eigenvalue weighted by atomic mass is 19.1. The summed E-state index contributed by atoms with van der Waals surface area (Å²) in [6.45, 7) is 1.82. The standard InChI is InChI=1S/C18H21FN4O2/c1-11(12-4-7-14(8-5-12)22-18(20)25)21-17(24)13-6-9-16(23(2)3)15(19)10-13/h4-11H,1-3H3,(H,21,24)(H3,20,22,25)/t11-/m0/s1. The number of carbonyl (C=O) groups is 2. The molecule has 2 aromatic carbocycles. The second kappa shape index (κ2) is 7.65. The second-order valence-electron chi connectivity index (χ2n) is 5.87. The van der Waals surface area contributed by atoms with Crippen LogP contribution < -0.4 is 21.3 Å². The third-order valence-electron chi connectivity index (χ3n) is 3.72. The lowest BCUT2D eigenvalue weighted by Gasteiger charge is -2.17. The number of urea groups is 1. The van der Waals surface area contributed by atoms with Crippen molar-refractivity contribution in [3.63, 3.8) is 0 Å². The molecular weight excluding hydrogens is 323 g/mol. The van der Waals surface area contributed by atoms with Crippen LogP contribution >= 0.6 is 0 Å². The minimum absolute atomic E-state index is 0.252. The van der Waals surface area contributed by atoms with Crippen LogP contribution in [0.5, 0.6) is 0 Å². The topological polar surface area (TPSA) is 87.5 Å². The van der Waals surface area contributed by atoms with E-state index in [0.29, 0.717) is 11.4 Å². The number of hydrogen-bond acceptors (Lipinski definition) is 3. The molecule has 0 bridgehead atoms. The molecule has 132 valence electrons. The molecule has 0 heterocycles. The predicted octanol–water partition coefficient (Wildman–Crippen LogP) is 2.87. The highest BCUT2D eigenvalue weighted by Crippen LogP contribution is 2.20. The number of anilines is 2. The van der Waals surface area contributed by atoms with E-state index >= 15 is 0 Å². The van der Waals surface area contributed by atoms with Gasteiger partial charge in [-0.25, -0.2) is 9.18 Å². The maximum absolute atomic E-state index is 14.0. The fourth-order valence-corrected chi connectivity index (χ4v) is 2.37. The van der Waals surface area contributed by atoms with Gasteiger partial charge in [0.05, 0.1) is 11.7 Å². The van der Waals surface area contributed by atoms with Gasteiger partial charge in [-0.1, -0.05) is 12.1 Å². The molecule has 0 unspecified atom stereocenters. The van der Waals surface area contributed by atoms with Gasteiger partial charge in [0, 0.05) is 25.3 Å². The van der Waals surface area contributed by atoms with Gasteiger partial charge >= 0.3 is 6.03 Å². The van der Waals surface area contributed by atoms with Crippen LogP contribution in [0.1, 0.15) is 28.9 Å². The molecule has 0 aliphatic heterocycles. The van der Waals surface area contributed by atoms with Crippen LogP contribution in [0, 0.1) is 5.82 Å². The zero-order valence-electron chi connectivity index (χ0n) is 14.3. The van der Waals surface area contributed by atoms with Crippen LogP contribution in [0.4, 0.5) is 20.6 Å². The summed E-state index contributed by atoms with van der Waals surface area (Å²) in [5, 5.41) is 5.28. The average Bonchev–Trinajstić information content (AvgIpc) is 2.54. The first-order valence-corrected chi connectivity index (χ1v) is 7.72. The molecule has 0 aromatic heterocycles. The number of benzene rings is 2. The van der Waals surface area contributed by atoms with Gasteiger partial charge in [-0.05, 0) is 42.8 Å². The average molecular weight is 344 g/mol. The van der Waals surface area contributed by atoms with Crippen molar-refractivity contribution in [2.24, 2.45) is 5.73 Å². The molecular formula is C18H21FN4O2. The van der Waals surface area contributed by atoms with Crippen molar-refractivity contribution in [2.45, 2.75) is 13.0 Å². The molecule has 0 aliphatic rings. The SMILES string of the molecule is C[C@H](NC(=O)c1ccc(N(C)C)c(F)c1)c1ccc(NC(N)=O)cc1. The summed E-state index contributed by atoms with van der Waals surface area (Å²) in [4.78, 5) is 24.8. The van der Waals surface area contributed by atoms with Crippen LogP contribution in [-0.2, 0) is 0 Å². The number of rotatable bonds is 5. The summed E-state index contributed by atoms with van der Waals surface area (Å²) in [6.07, 6.45) is 0. The molecule has 25 heavy (non-hydrogen) atoms. The van der Waals surface area contributed by atoms with E-state index in [1.807, 2.05) is 6.92 Å². The van der Waals surface area contributed by atoms with Crippen molar-refractivity contribution in [3.05, 3.63) is 59.4 Å². The first-order valence-electron chi connectivity index (χ1n) is 7.72. The Kier molecular flexibility index (Phi) is 5.59. The van der Waals surface area contributed by atoms with Crippen LogP contribution in [0.3, 0.4) is 0 Å². The number of nitrogens with zero attached hydrogens (tertiary/aromatic N) is 1. The van der Waals surface area contributed by atoms with E-state index in [1.165, 1.54) is 6.07 Å². The molecule has 0 aliphatic carbocycles. The number of nitrogens with one attached hydrogen (secondary N) is 2. The number of carbonyl (C=O) groups excluding carboxylic acids is 2. The fraction of sp³-hybridized carbons (Fsp3) is 0.222. The lowest BCUT2D eigenvalue weighted by atomic mass is 10.1. The summed E-state index contributed by atoms with van der Waals surface area (Å²) >= 11 is 0. The van der Waals surface area contributed by atoms with Crippen molar-refractivity contribution in [2.75, 3.05) is 24.3 Å². The summed E-state index contributed by atoms with van der Waals surface area (Å²) in [6, 6.07) is 10.4. The van der Waals surface area contributed by atoms with Crippen LogP contribution in [0.15, 0.2) is 42.5 Å². The number of halogens is 1. The quantitative estimate of drug-likeness (QED) is 0.779. The molecule has 6 nitrogen and oxygen atoms in total. The minimum Gasteiger partial charge on any atom is -0.375 e. The number of primary amides is 1. The highest BCUT2D eigenvalue weighted by molar-refractivity contribution is 5.95. The Labute approximate surface area is 145 Å². The van der Waals surface area contributed by atoms with Gasteiger partial charge in [-0.15, -0.1) is 0 Å². The Morgan fingerprint density at radius 2 is 1.76 bits per heavy atom. The second-order valence-corrected chi connectivity index (χ2v) is 5.87. The summed E-state index contributed by atoms with van der Waals surface area (Å²) in [7, 11) is 3.47. The van der Waals surface area contributed by atoms with Gasteiger partial charge in [-0.2, -0.15) is 0 Å². The van der Waals surface area contributed by atoms with Gasteiger partial charge in [0.25, 0.3) is 5.91 Å². The highest BCUT2D eigenvalue weighted by Gasteiger charge is 2.14. The molecule has 2 rings (SSSR count). The normalized spacial score (nSPS) is 11.5. The Bertz CT molecular complexity index is 775. The number of hydrogen-bond donors (Lipinski definition) is 3. The van der Waals surface area contributed by atoms with Crippen molar-refractivity contribution in [1.82, 2.24) is 5.32 Å². The van der Waals surface area contributed by atoms with Crippen LogP contribution in [0.2, 0.25) is 0 Å². The zero-order valence-corrected chi connectivity index (χ0v) is 14.3. The van der Waals surface area contributed by atoms with E-state index in [1.54, 1.807) is 55.4 Å². The number of amides is 3. The lowest BCUT2D eigenvalue weighted by Crippen LogP contribution is -2.27. The minimum atomic E-state index is -0.641. The first kappa shape index (κ1) is 18.3. The fourth-order valence-electron chi connectivity index (χ4n) is 2.37. The first-order chi connectivity index (χ1) is 11.8. The van der Waals surface area contributed by atoms with E-state index in [9.17, 15) is 14.0 Å². The van der Waals surface area contributed by atoms with Crippen molar-refractivity contribution >= 4 is 23.3 Å². The van der Waals surface area contributed by atoms with Crippen LogP contribution in [-0.4, -0.2) is 26.0 Å². The van der Waals surface area contributed by atoms with Gasteiger partial charge in [-0.3, -0.25) is 4.79 Å². The van der Waals surface area contributed by atoms with Crippen molar-refractivity contribution in [1.29, 1.82) is 0 Å². The summed E-state index contributed by atoms with van der Waals surface area (Å²) in [5.74, 6) is -0.816. The Hall–Kier alpha value is -3.09. The van der Waals surface area contributed by atoms with Crippen LogP contribution in [0.25, 0.3) is 0 Å². The maximum Gasteiger partial charge on any atom is 0.316 e. The smallest absolute Gasteiger partial charge is 0.316 e. The third kappa shape index (κ3) is 4.69. The van der Waals surface area contributed by atoms with E-state index in [4.69, 9.17) is 5.73 Å². The molecule has 2 aromatic rings. The van der Waals surface area contributed by atoms with Gasteiger partial charge in [0.15, 0.2) is 0 Å². The molecule has 0 saturated heterocycles. The van der Waals surface area contributed by atoms with Gasteiger partial charge < -0.3 is 21.3 Å². The molecule has 4 N–H and O–H groups in total. The van der Waals surface area contributed by atoms with E-state index in [0.717, 1.165) is 5.56 Å². The Morgan fingerprint density at radius 3 is 2.28 bits per heavy atom. The monoisotopic (exact) mass is 344 g/mol. The predicted molar refractivity (Wildman–Crippen MR) is 96.3 cm³/mol. The molecule has 0 radical (unpaired) electrons.